The Morgan fingerprint density at radius 2 is 0.947 bits per heavy atom. The number of benzene rings is 4. The smallest absolute Gasteiger partial charge is 0.208 e. The van der Waals surface area contributed by atoms with E-state index in [2.05, 4.69) is 62.7 Å². The summed E-state index contributed by atoms with van der Waals surface area (Å²) < 4.78 is 17.8. The fraction of sp³-hybridized carbons (Fsp3) is 0.219. The molecule has 0 amide bonds. The number of hydrogen-bond acceptors (Lipinski definition) is 3. The highest BCUT2D eigenvalue weighted by molar-refractivity contribution is 8.25. The largest absolute Gasteiger partial charge is 0.296 e. The molecule has 0 aliphatic heterocycles. The van der Waals surface area contributed by atoms with Crippen LogP contribution >= 0.6 is 13.3 Å². The Morgan fingerprint density at radius 3 is 1.32 bits per heavy atom. The van der Waals surface area contributed by atoms with Gasteiger partial charge in [0.05, 0.1) is 6.07 Å². The van der Waals surface area contributed by atoms with Gasteiger partial charge in [-0.2, -0.15) is 5.26 Å². The lowest BCUT2D eigenvalue weighted by atomic mass is 10.3. The van der Waals surface area contributed by atoms with Crippen molar-refractivity contribution in [1.29, 1.82) is 5.26 Å². The predicted molar refractivity (Wildman–Crippen MR) is 169 cm³/mol. The van der Waals surface area contributed by atoms with Gasteiger partial charge in [-0.3, -0.25) is 4.57 Å². The van der Waals surface area contributed by atoms with Crippen molar-refractivity contribution in [1.82, 2.24) is 4.67 Å². The highest BCUT2D eigenvalue weighted by atomic mass is 32.4. The lowest BCUT2D eigenvalue weighted by Crippen LogP contribution is -2.45. The van der Waals surface area contributed by atoms with E-state index in [4.69, 9.17) is 17.1 Å². The molecule has 0 aromatic heterocycles. The van der Waals surface area contributed by atoms with Gasteiger partial charge in [0.2, 0.25) is 7.29 Å². The summed E-state index contributed by atoms with van der Waals surface area (Å²) in [5.41, 5.74) is 0. The molecule has 0 saturated heterocycles. The maximum atomic E-state index is 15.6. The summed E-state index contributed by atoms with van der Waals surface area (Å²) in [4.78, 5) is 0. The minimum absolute atomic E-state index is 0.0837. The topological polar surface area (TPSA) is 44.1 Å². The van der Waals surface area contributed by atoms with Gasteiger partial charge in [-0.15, -0.1) is 0 Å². The predicted octanol–water partition coefficient (Wildman–Crippen LogP) is 6.32. The number of nitrogens with zero attached hydrogens (tertiary/aromatic N) is 2. The summed E-state index contributed by atoms with van der Waals surface area (Å²) in [5, 5.41) is 12.2. The van der Waals surface area contributed by atoms with Crippen molar-refractivity contribution >= 4 is 51.7 Å². The van der Waals surface area contributed by atoms with Gasteiger partial charge in [0.1, 0.15) is 0 Å². The zero-order valence-corrected chi connectivity index (χ0v) is 25.3. The van der Waals surface area contributed by atoms with Gasteiger partial charge in [0.25, 0.3) is 0 Å². The molecule has 4 aromatic carbocycles. The molecule has 4 aromatic rings. The molecule has 38 heavy (non-hydrogen) atoms. The molecule has 1 atom stereocenters. The first-order valence-corrected chi connectivity index (χ1v) is 17.3. The van der Waals surface area contributed by atoms with Gasteiger partial charge in [0, 0.05) is 41.0 Å². The minimum Gasteiger partial charge on any atom is -0.296 e. The van der Waals surface area contributed by atoms with E-state index in [1.54, 1.807) is 6.07 Å². The molecule has 0 aliphatic rings. The van der Waals surface area contributed by atoms with E-state index in [1.807, 2.05) is 84.9 Å². The molecule has 0 bridgehead atoms. The van der Waals surface area contributed by atoms with Gasteiger partial charge in [0.15, 0.2) is 0 Å². The molecule has 0 fully saturated rings. The van der Waals surface area contributed by atoms with Crippen molar-refractivity contribution in [3.8, 4) is 6.07 Å². The van der Waals surface area contributed by atoms with E-state index in [9.17, 15) is 0 Å². The van der Waals surface area contributed by atoms with E-state index in [0.29, 0.717) is 0 Å². The van der Waals surface area contributed by atoms with Gasteiger partial charge in [-0.1, -0.05) is 109 Å². The maximum Gasteiger partial charge on any atom is 0.208 e. The van der Waals surface area contributed by atoms with Crippen molar-refractivity contribution < 1.29 is 4.57 Å². The molecule has 0 aliphatic carbocycles. The van der Waals surface area contributed by atoms with Crippen LogP contribution in [0.3, 0.4) is 0 Å². The summed E-state index contributed by atoms with van der Waals surface area (Å²) in [6.07, 6.45) is 0. The average molecular weight is 559 g/mol. The summed E-state index contributed by atoms with van der Waals surface area (Å²) >= 11 is 6.70. The first-order valence-electron chi connectivity index (χ1n) is 12.8. The highest BCUT2D eigenvalue weighted by Crippen LogP contribution is 2.53. The third-order valence-corrected chi connectivity index (χ3v) is 15.0. The number of rotatable bonds is 8. The lowest BCUT2D eigenvalue weighted by molar-refractivity contribution is 0.307. The van der Waals surface area contributed by atoms with Crippen LogP contribution in [0.1, 0.15) is 34.6 Å². The molecule has 0 saturated carbocycles. The summed E-state index contributed by atoms with van der Waals surface area (Å²) in [7, 11) is -3.23. The fourth-order valence-electron chi connectivity index (χ4n) is 4.96. The van der Waals surface area contributed by atoms with Crippen LogP contribution in [0, 0.1) is 11.3 Å². The second-order valence-corrected chi connectivity index (χ2v) is 16.5. The molecule has 4 rings (SSSR count). The van der Waals surface area contributed by atoms with Crippen molar-refractivity contribution in [3.63, 3.8) is 0 Å². The summed E-state index contributed by atoms with van der Waals surface area (Å²) in [6, 6.07) is 38.3. The lowest BCUT2D eigenvalue weighted by Gasteiger charge is -2.40. The Labute approximate surface area is 233 Å². The second kappa shape index (κ2) is 13.3. The maximum absolute atomic E-state index is 15.6. The first kappa shape index (κ1) is 29.8. The van der Waals surface area contributed by atoms with Crippen LogP contribution < -0.4 is 26.5 Å². The van der Waals surface area contributed by atoms with Gasteiger partial charge in [-0.25, -0.2) is 4.67 Å². The van der Waals surface area contributed by atoms with E-state index >= 15 is 4.57 Å². The highest BCUT2D eigenvalue weighted by Gasteiger charge is 2.42. The monoisotopic (exact) mass is 558 g/mol. The molecule has 0 radical (unpaired) electrons. The molecule has 196 valence electrons. The average Bonchev–Trinajstić information content (AvgIpc) is 2.94. The van der Waals surface area contributed by atoms with Crippen LogP contribution in [0.2, 0.25) is 0 Å². The first-order chi connectivity index (χ1) is 18.2. The number of nitriles is 1. The Bertz CT molecular complexity index is 1400. The van der Waals surface area contributed by atoms with Gasteiger partial charge < -0.3 is 0 Å². The van der Waals surface area contributed by atoms with Crippen LogP contribution in [0.4, 0.5) is 0 Å². The second-order valence-electron chi connectivity index (χ2n) is 9.47. The van der Waals surface area contributed by atoms with Crippen molar-refractivity contribution in [3.05, 3.63) is 115 Å². The van der Waals surface area contributed by atoms with Crippen molar-refractivity contribution in [2.45, 2.75) is 46.7 Å². The summed E-state index contributed by atoms with van der Waals surface area (Å²) in [5.74, 6) is 0. The molecule has 6 heteroatoms. The summed E-state index contributed by atoms with van der Waals surface area (Å²) in [6.45, 7) is 9.94. The van der Waals surface area contributed by atoms with Crippen LogP contribution in [0.15, 0.2) is 115 Å². The minimum atomic E-state index is -3.23. The Kier molecular flexibility index (Phi) is 10.4. The third kappa shape index (κ3) is 5.93. The molecule has 0 N–H and O–H groups in total. The van der Waals surface area contributed by atoms with Crippen LogP contribution in [-0.4, -0.2) is 16.8 Å². The fourth-order valence-corrected chi connectivity index (χ4v) is 13.3. The standard InChI is InChI=1S/C30H33NOP2S.C2H3N/c1-24(2)31(25(3)4)34(32,28-20-12-7-13-21-28)30-23-15-14-22-29(30)33(35,26-16-8-5-9-17-26)27-18-10-6-11-19-27;1-2-3/h5-25H,1-4H3;1H3/t34-;/m0./s1. The quantitative estimate of drug-likeness (QED) is 0.238. The van der Waals surface area contributed by atoms with E-state index in [1.165, 1.54) is 6.92 Å². The van der Waals surface area contributed by atoms with Gasteiger partial charge in [-0.05, 0) is 56.5 Å². The zero-order chi connectivity index (χ0) is 27.8. The molecule has 0 unspecified atom stereocenters. The van der Waals surface area contributed by atoms with Gasteiger partial charge >= 0.3 is 0 Å². The van der Waals surface area contributed by atoms with E-state index in [-0.39, 0.29) is 12.1 Å². The SMILES string of the molecule is CC#N.CC(C)N(C(C)C)[P@](=O)(c1ccccc1)c1ccccc1P(=S)(c1ccccc1)c1ccccc1. The molecular formula is C32H36N2OP2S. The number of hydrogen-bond donors (Lipinski definition) is 0. The van der Waals surface area contributed by atoms with E-state index in [0.717, 1.165) is 26.5 Å². The van der Waals surface area contributed by atoms with Crippen molar-refractivity contribution in [2.75, 3.05) is 0 Å². The van der Waals surface area contributed by atoms with Crippen molar-refractivity contribution in [2.24, 2.45) is 0 Å². The van der Waals surface area contributed by atoms with Crippen LogP contribution in [-0.2, 0) is 16.4 Å². The van der Waals surface area contributed by atoms with E-state index < -0.39 is 13.3 Å². The molecule has 0 heterocycles. The zero-order valence-electron chi connectivity index (χ0n) is 22.7. The molecule has 0 spiro atoms. The normalized spacial score (nSPS) is 12.9. The Morgan fingerprint density at radius 1 is 0.632 bits per heavy atom. The molecular weight excluding hydrogens is 522 g/mol. The van der Waals surface area contributed by atoms with Crippen LogP contribution in [0.25, 0.3) is 0 Å². The Balaban J connectivity index is 0.00000127. The molecule has 3 nitrogen and oxygen atoms in total. The third-order valence-electron chi connectivity index (χ3n) is 6.28. The van der Waals surface area contributed by atoms with Crippen LogP contribution in [0.5, 0.6) is 0 Å². The Hall–Kier alpha value is -2.79.